The Morgan fingerprint density at radius 1 is 1.12 bits per heavy atom. The van der Waals surface area contributed by atoms with Crippen LogP contribution in [0.4, 0.5) is 14.5 Å². The van der Waals surface area contributed by atoms with Crippen molar-refractivity contribution in [3.05, 3.63) is 107 Å². The Morgan fingerprint density at radius 2 is 1.96 bits per heavy atom. The van der Waals surface area contributed by atoms with E-state index in [1.54, 1.807) is 24.9 Å². The molecule has 0 aliphatic rings. The highest BCUT2D eigenvalue weighted by atomic mass is 32.2. The summed E-state index contributed by atoms with van der Waals surface area (Å²) in [5.41, 5.74) is 3.77. The Balaban J connectivity index is 1.17. The lowest BCUT2D eigenvalue weighted by molar-refractivity contribution is -0.143. The molecule has 0 aliphatic heterocycles. The van der Waals surface area contributed by atoms with Gasteiger partial charge < -0.3 is 19.6 Å². The van der Waals surface area contributed by atoms with Crippen LogP contribution in [0.15, 0.2) is 67.0 Å². The van der Waals surface area contributed by atoms with E-state index < -0.39 is 17.7 Å². The summed E-state index contributed by atoms with van der Waals surface area (Å²) in [5.74, 6) is 0.621. The third-order valence-electron chi connectivity index (χ3n) is 8.61. The first-order valence-corrected chi connectivity index (χ1v) is 17.9. The summed E-state index contributed by atoms with van der Waals surface area (Å²) in [6.45, 7) is 13.9. The van der Waals surface area contributed by atoms with Crippen molar-refractivity contribution in [2.75, 3.05) is 18.1 Å². The number of halogens is 2. The molecule has 2 aromatic heterocycles. The van der Waals surface area contributed by atoms with Crippen LogP contribution in [0.1, 0.15) is 69.2 Å². The predicted octanol–water partition coefficient (Wildman–Crippen LogP) is 9.88. The van der Waals surface area contributed by atoms with Gasteiger partial charge in [0.1, 0.15) is 11.6 Å². The molecule has 0 saturated heterocycles. The normalized spacial score (nSPS) is 12.2. The van der Waals surface area contributed by atoms with Crippen LogP contribution < -0.4 is 4.74 Å². The quantitative estimate of drug-likeness (QED) is 0.0507. The first-order valence-electron chi connectivity index (χ1n) is 16.8. The fraction of sp³-hybridized carbons (Fsp3) is 0.359. The highest BCUT2D eigenvalue weighted by molar-refractivity contribution is 7.99. The molecule has 1 atom stereocenters. The van der Waals surface area contributed by atoms with E-state index in [0.717, 1.165) is 40.9 Å². The number of thioether (sulfide) groups is 1. The Morgan fingerprint density at radius 3 is 2.76 bits per heavy atom. The van der Waals surface area contributed by atoms with Gasteiger partial charge in [-0.15, -0.1) is 0 Å². The summed E-state index contributed by atoms with van der Waals surface area (Å²) in [7, 11) is 0. The number of hydrogen-bond acceptors (Lipinski definition) is 6. The van der Waals surface area contributed by atoms with Crippen molar-refractivity contribution >= 4 is 34.3 Å². The number of nitrogens with one attached hydrogen (secondary N) is 2. The lowest BCUT2D eigenvalue weighted by Crippen LogP contribution is -2.16. The summed E-state index contributed by atoms with van der Waals surface area (Å²) in [6.07, 6.45) is 6.36. The maximum absolute atomic E-state index is 15.5. The van der Waals surface area contributed by atoms with Crippen molar-refractivity contribution in [1.82, 2.24) is 15.2 Å². The van der Waals surface area contributed by atoms with Crippen molar-refractivity contribution in [2.45, 2.75) is 65.4 Å². The van der Waals surface area contributed by atoms with E-state index in [2.05, 4.69) is 33.9 Å². The Kier molecular flexibility index (Phi) is 12.3. The van der Waals surface area contributed by atoms with Gasteiger partial charge in [0.2, 0.25) is 5.69 Å². The number of aliphatic hydroxyl groups is 1. The molecule has 262 valence electrons. The Labute approximate surface area is 295 Å². The highest BCUT2D eigenvalue weighted by Gasteiger charge is 2.22. The van der Waals surface area contributed by atoms with Gasteiger partial charge in [-0.05, 0) is 91.3 Å². The molecule has 0 bridgehead atoms. The number of esters is 1. The van der Waals surface area contributed by atoms with Crippen molar-refractivity contribution in [1.29, 1.82) is 0 Å². The zero-order valence-corrected chi connectivity index (χ0v) is 29.3. The molecule has 11 heteroatoms. The van der Waals surface area contributed by atoms with Crippen LogP contribution in [-0.4, -0.2) is 44.4 Å². The first-order chi connectivity index (χ1) is 24.1. The zero-order valence-electron chi connectivity index (χ0n) is 28.5. The molecular weight excluding hydrogens is 659 g/mol. The molecule has 3 N–H and O–H groups in total. The number of H-pyrrole nitrogens is 2. The van der Waals surface area contributed by atoms with E-state index in [1.807, 2.05) is 30.3 Å². The fourth-order valence-corrected chi connectivity index (χ4v) is 7.18. The molecule has 2 heterocycles. The highest BCUT2D eigenvalue weighted by Crippen LogP contribution is 2.39. The van der Waals surface area contributed by atoms with E-state index in [-0.39, 0.29) is 39.8 Å². The zero-order chi connectivity index (χ0) is 35.7. The first kappa shape index (κ1) is 36.6. The minimum absolute atomic E-state index is 0.0118. The van der Waals surface area contributed by atoms with Crippen molar-refractivity contribution in [3.63, 3.8) is 0 Å². The standard InChI is InChI=1S/C39H42F2N4O4S/c1-5-48-36(47)14-11-25-8-6-9-26(20-25)35(46)10-7-17-39(2,3)24-50-19-16-29-28-15-18-43-33(28)22-32(41)38(29)49-27-12-13-31(40)30(21-27)37-34(42-4)23-44-45-37/h6,8-9,12-13,15,18,20-23,35,43,46H,5,7,10-11,14,16-17,19,24H2,1-3H3,(H,44,45). The molecule has 0 radical (unpaired) electrons. The Hall–Kier alpha value is -4.66. The predicted molar refractivity (Wildman–Crippen MR) is 194 cm³/mol. The van der Waals surface area contributed by atoms with E-state index in [4.69, 9.17) is 16.0 Å². The number of aromatic nitrogens is 3. The second kappa shape index (κ2) is 16.8. The summed E-state index contributed by atoms with van der Waals surface area (Å²) in [6, 6.07) is 15.2. The minimum Gasteiger partial charge on any atom is -0.466 e. The molecule has 0 fully saturated rings. The van der Waals surface area contributed by atoms with Crippen LogP contribution in [0, 0.1) is 23.6 Å². The molecule has 5 aromatic rings. The largest absolute Gasteiger partial charge is 0.466 e. The summed E-state index contributed by atoms with van der Waals surface area (Å²) < 4.78 is 41.5. The maximum Gasteiger partial charge on any atom is 0.306 e. The molecule has 0 amide bonds. The molecule has 0 aliphatic carbocycles. The smallest absolute Gasteiger partial charge is 0.306 e. The van der Waals surface area contributed by atoms with Crippen LogP contribution in [-0.2, 0) is 22.4 Å². The number of benzene rings is 3. The number of aliphatic hydroxyl groups excluding tert-OH is 1. The maximum atomic E-state index is 15.5. The van der Waals surface area contributed by atoms with Gasteiger partial charge in [-0.1, -0.05) is 38.1 Å². The van der Waals surface area contributed by atoms with Gasteiger partial charge in [-0.25, -0.2) is 13.6 Å². The van der Waals surface area contributed by atoms with Gasteiger partial charge in [-0.3, -0.25) is 9.89 Å². The summed E-state index contributed by atoms with van der Waals surface area (Å²) in [5, 5.41) is 18.3. The Bertz CT molecular complexity index is 1970. The second-order valence-electron chi connectivity index (χ2n) is 13.0. The minimum atomic E-state index is -0.581. The fourth-order valence-electron chi connectivity index (χ4n) is 5.99. The van der Waals surface area contributed by atoms with Crippen molar-refractivity contribution in [3.8, 4) is 22.8 Å². The third-order valence-corrected chi connectivity index (χ3v) is 10.1. The van der Waals surface area contributed by atoms with Crippen LogP contribution in [0.3, 0.4) is 0 Å². The van der Waals surface area contributed by atoms with E-state index >= 15 is 4.39 Å². The van der Waals surface area contributed by atoms with Crippen LogP contribution >= 0.6 is 11.8 Å². The van der Waals surface area contributed by atoms with Gasteiger partial charge in [0, 0.05) is 40.7 Å². The molecule has 50 heavy (non-hydrogen) atoms. The average Bonchev–Trinajstić information content (AvgIpc) is 3.77. The molecule has 1 unspecified atom stereocenters. The number of carbonyl (C=O) groups excluding carboxylic acids is 1. The number of aryl methyl sites for hydroxylation is 2. The summed E-state index contributed by atoms with van der Waals surface area (Å²) >= 11 is 1.78. The average molecular weight is 701 g/mol. The number of nitrogens with zero attached hydrogens (tertiary/aromatic N) is 2. The number of hydrogen-bond donors (Lipinski definition) is 3. The number of fused-ring (bicyclic) bond motifs is 1. The van der Waals surface area contributed by atoms with Crippen LogP contribution in [0.25, 0.3) is 27.0 Å². The molecular formula is C39H42F2N4O4S. The second-order valence-corrected chi connectivity index (χ2v) is 14.1. The SMILES string of the molecule is [C-]#[N+]c1cn[nH]c1-c1cc(Oc2c(F)cc3[nH]ccc3c2CCSCC(C)(C)CCCC(O)c2cccc(CCC(=O)OCC)c2)ccc1F. The number of ether oxygens (including phenoxy) is 2. The van der Waals surface area contributed by atoms with Gasteiger partial charge >= 0.3 is 5.97 Å². The number of aromatic amines is 2. The van der Waals surface area contributed by atoms with Crippen LogP contribution in [0.5, 0.6) is 11.5 Å². The molecule has 0 saturated carbocycles. The van der Waals surface area contributed by atoms with E-state index in [9.17, 15) is 14.3 Å². The number of carbonyl (C=O) groups is 1. The lowest BCUT2D eigenvalue weighted by Gasteiger charge is -2.25. The van der Waals surface area contributed by atoms with Gasteiger partial charge in [0.25, 0.3) is 0 Å². The topological polar surface area (TPSA) is 105 Å². The molecule has 0 spiro atoms. The van der Waals surface area contributed by atoms with Gasteiger partial charge in [-0.2, -0.15) is 16.9 Å². The molecule has 8 nitrogen and oxygen atoms in total. The molecule has 5 rings (SSSR count). The van der Waals surface area contributed by atoms with Crippen molar-refractivity contribution < 1.29 is 28.2 Å². The third kappa shape index (κ3) is 9.31. The van der Waals surface area contributed by atoms with Gasteiger partial charge in [0.15, 0.2) is 11.6 Å². The van der Waals surface area contributed by atoms with Gasteiger partial charge in [0.05, 0.1) is 31.2 Å². The van der Waals surface area contributed by atoms with E-state index in [0.29, 0.717) is 43.4 Å². The summed E-state index contributed by atoms with van der Waals surface area (Å²) in [4.78, 5) is 18.2. The lowest BCUT2D eigenvalue weighted by atomic mass is 9.88. The van der Waals surface area contributed by atoms with Crippen LogP contribution in [0.2, 0.25) is 0 Å². The van der Waals surface area contributed by atoms with Crippen molar-refractivity contribution in [2.24, 2.45) is 5.41 Å². The monoisotopic (exact) mass is 700 g/mol. The molecule has 3 aromatic carbocycles. The number of rotatable bonds is 17. The van der Waals surface area contributed by atoms with E-state index in [1.165, 1.54) is 30.5 Å².